The molecular weight excluding hydrogens is 336 g/mol. The fraction of sp³-hybridized carbons (Fsp3) is 0.682. The van der Waals surface area contributed by atoms with Crippen molar-refractivity contribution in [3.63, 3.8) is 0 Å². The number of carbonyl (C=O) groups excluding carboxylic acids is 1. The summed E-state index contributed by atoms with van der Waals surface area (Å²) in [6, 6.07) is 11.0. The number of anilines is 1. The highest BCUT2D eigenvalue weighted by atomic mass is 16.2. The molecular formula is C22H32N4O. The molecule has 2 atom stereocenters. The number of amides is 2. The van der Waals surface area contributed by atoms with Gasteiger partial charge >= 0.3 is 6.03 Å². The van der Waals surface area contributed by atoms with E-state index in [1.54, 1.807) is 4.90 Å². The number of hydrogen-bond donors (Lipinski definition) is 1. The van der Waals surface area contributed by atoms with E-state index in [9.17, 15) is 4.79 Å². The number of nitrogens with zero attached hydrogens (tertiary/aromatic N) is 3. The van der Waals surface area contributed by atoms with E-state index in [4.69, 9.17) is 0 Å². The summed E-state index contributed by atoms with van der Waals surface area (Å²) >= 11 is 0. The molecule has 2 bridgehead atoms. The van der Waals surface area contributed by atoms with Crippen LogP contribution >= 0.6 is 0 Å². The first-order valence-corrected chi connectivity index (χ1v) is 10.6. The van der Waals surface area contributed by atoms with Crippen LogP contribution in [0.2, 0.25) is 0 Å². The third-order valence-electron chi connectivity index (χ3n) is 7.56. The van der Waals surface area contributed by atoms with E-state index in [1.807, 2.05) is 19.0 Å². The molecule has 27 heavy (non-hydrogen) atoms. The fourth-order valence-electron chi connectivity index (χ4n) is 6.11. The monoisotopic (exact) mass is 368 g/mol. The van der Waals surface area contributed by atoms with Gasteiger partial charge in [0.1, 0.15) is 0 Å². The quantitative estimate of drug-likeness (QED) is 0.828. The number of rotatable bonds is 1. The lowest BCUT2D eigenvalue weighted by molar-refractivity contribution is 0.0887. The first-order valence-electron chi connectivity index (χ1n) is 10.6. The van der Waals surface area contributed by atoms with E-state index in [-0.39, 0.29) is 11.4 Å². The van der Waals surface area contributed by atoms with Crippen LogP contribution in [0, 0.1) is 0 Å². The maximum Gasteiger partial charge on any atom is 0.323 e. The van der Waals surface area contributed by atoms with Gasteiger partial charge in [0.2, 0.25) is 0 Å². The van der Waals surface area contributed by atoms with Gasteiger partial charge in [-0.3, -0.25) is 4.90 Å². The van der Waals surface area contributed by atoms with Crippen molar-refractivity contribution in [2.24, 2.45) is 0 Å². The molecule has 5 rings (SSSR count). The summed E-state index contributed by atoms with van der Waals surface area (Å²) in [6.07, 6.45) is 7.72. The summed E-state index contributed by atoms with van der Waals surface area (Å²) in [4.78, 5) is 19.2. The smallest absolute Gasteiger partial charge is 0.323 e. The van der Waals surface area contributed by atoms with Gasteiger partial charge in [-0.15, -0.1) is 0 Å². The second-order valence-corrected chi connectivity index (χ2v) is 9.36. The van der Waals surface area contributed by atoms with Crippen molar-refractivity contribution in [3.8, 4) is 0 Å². The molecule has 1 spiro atoms. The summed E-state index contributed by atoms with van der Waals surface area (Å²) in [5.74, 6) is 0. The first-order chi connectivity index (χ1) is 13.1. The van der Waals surface area contributed by atoms with Crippen molar-refractivity contribution >= 4 is 11.7 Å². The van der Waals surface area contributed by atoms with Crippen molar-refractivity contribution in [2.75, 3.05) is 38.6 Å². The molecule has 2 amide bonds. The third-order valence-corrected chi connectivity index (χ3v) is 7.56. The molecule has 0 aliphatic carbocycles. The van der Waals surface area contributed by atoms with Crippen LogP contribution in [0.15, 0.2) is 24.3 Å². The van der Waals surface area contributed by atoms with E-state index >= 15 is 0 Å². The van der Waals surface area contributed by atoms with E-state index in [0.717, 1.165) is 30.4 Å². The van der Waals surface area contributed by atoms with Crippen LogP contribution in [0.25, 0.3) is 0 Å². The Kier molecular flexibility index (Phi) is 4.21. The van der Waals surface area contributed by atoms with Crippen molar-refractivity contribution in [3.05, 3.63) is 29.8 Å². The topological polar surface area (TPSA) is 38.8 Å². The Labute approximate surface area is 162 Å². The highest BCUT2D eigenvalue weighted by Crippen LogP contribution is 2.48. The van der Waals surface area contributed by atoms with Crippen molar-refractivity contribution in [2.45, 2.75) is 62.1 Å². The summed E-state index contributed by atoms with van der Waals surface area (Å²) < 4.78 is 0. The van der Waals surface area contributed by atoms with Crippen LogP contribution in [-0.2, 0) is 5.41 Å². The molecule has 1 aromatic carbocycles. The van der Waals surface area contributed by atoms with Gasteiger partial charge in [0.05, 0.1) is 0 Å². The van der Waals surface area contributed by atoms with Gasteiger partial charge in [0, 0.05) is 49.9 Å². The Morgan fingerprint density at radius 3 is 2.44 bits per heavy atom. The zero-order valence-corrected chi connectivity index (χ0v) is 16.7. The number of hydrogen-bond acceptors (Lipinski definition) is 3. The fourth-order valence-corrected chi connectivity index (χ4v) is 6.11. The minimum absolute atomic E-state index is 0.108. The van der Waals surface area contributed by atoms with Crippen LogP contribution in [0.1, 0.15) is 44.1 Å². The molecule has 0 aromatic heterocycles. The van der Waals surface area contributed by atoms with Gasteiger partial charge in [-0.25, -0.2) is 4.79 Å². The number of para-hydroxylation sites is 1. The number of nitrogens with one attached hydrogen (secondary N) is 1. The van der Waals surface area contributed by atoms with E-state index < -0.39 is 0 Å². The summed E-state index contributed by atoms with van der Waals surface area (Å²) in [5.41, 5.74) is 2.67. The Hall–Kier alpha value is -1.59. The van der Waals surface area contributed by atoms with Crippen LogP contribution in [-0.4, -0.2) is 67.7 Å². The van der Waals surface area contributed by atoms with Gasteiger partial charge in [-0.2, -0.15) is 0 Å². The minimum Gasteiger partial charge on any atom is -0.330 e. The SMILES string of the molecule is CN(C)C(=O)N1CC2(CCN(C3CC4CCC(C3)N4)CC2)c2ccccc21. The zero-order chi connectivity index (χ0) is 18.6. The molecule has 1 N–H and O–H groups in total. The van der Waals surface area contributed by atoms with Gasteiger partial charge in [-0.05, 0) is 63.2 Å². The maximum atomic E-state index is 12.8. The van der Waals surface area contributed by atoms with Crippen LogP contribution in [0.5, 0.6) is 0 Å². The molecule has 3 saturated heterocycles. The summed E-state index contributed by atoms with van der Waals surface area (Å²) in [5, 5.41) is 3.77. The van der Waals surface area contributed by atoms with Crippen molar-refractivity contribution in [1.29, 1.82) is 0 Å². The van der Waals surface area contributed by atoms with Gasteiger partial charge in [-0.1, -0.05) is 18.2 Å². The molecule has 2 unspecified atom stereocenters. The molecule has 1 aromatic rings. The number of likely N-dealkylation sites (tertiary alicyclic amines) is 1. The number of carbonyl (C=O) groups is 1. The molecule has 146 valence electrons. The highest BCUT2D eigenvalue weighted by Gasteiger charge is 2.48. The molecule has 0 radical (unpaired) electrons. The number of benzene rings is 1. The van der Waals surface area contributed by atoms with Crippen LogP contribution in [0.3, 0.4) is 0 Å². The molecule has 5 nitrogen and oxygen atoms in total. The second-order valence-electron chi connectivity index (χ2n) is 9.36. The maximum absolute atomic E-state index is 12.8. The lowest BCUT2D eigenvalue weighted by Crippen LogP contribution is -2.53. The zero-order valence-electron chi connectivity index (χ0n) is 16.7. The Balaban J connectivity index is 1.34. The predicted octanol–water partition coefficient (Wildman–Crippen LogP) is 2.80. The van der Waals surface area contributed by atoms with E-state index in [1.165, 1.54) is 57.2 Å². The van der Waals surface area contributed by atoms with Crippen molar-refractivity contribution in [1.82, 2.24) is 15.1 Å². The molecule has 4 heterocycles. The largest absolute Gasteiger partial charge is 0.330 e. The van der Waals surface area contributed by atoms with E-state index in [2.05, 4.69) is 34.5 Å². The average Bonchev–Trinajstić information content (AvgIpc) is 3.19. The predicted molar refractivity (Wildman–Crippen MR) is 108 cm³/mol. The first kappa shape index (κ1) is 17.5. The molecule has 4 aliphatic rings. The standard InChI is InChI=1S/C22H32N4O/c1-24(2)21(27)26-15-22(19-5-3-4-6-20(19)26)9-11-25(12-10-22)18-13-16-7-8-17(14-18)23-16/h3-6,16-18,23H,7-15H2,1-2H3. The Morgan fingerprint density at radius 1 is 1.11 bits per heavy atom. The average molecular weight is 369 g/mol. The van der Waals surface area contributed by atoms with E-state index in [0.29, 0.717) is 0 Å². The molecule has 0 saturated carbocycles. The Morgan fingerprint density at radius 2 is 1.78 bits per heavy atom. The highest BCUT2D eigenvalue weighted by molar-refractivity contribution is 5.95. The molecule has 4 aliphatic heterocycles. The molecule has 5 heteroatoms. The lowest BCUT2D eigenvalue weighted by atomic mass is 9.74. The number of fused-ring (bicyclic) bond motifs is 4. The molecule has 3 fully saturated rings. The second kappa shape index (κ2) is 6.49. The Bertz CT molecular complexity index is 713. The van der Waals surface area contributed by atoms with Crippen LogP contribution < -0.4 is 10.2 Å². The van der Waals surface area contributed by atoms with Crippen LogP contribution in [0.4, 0.5) is 10.5 Å². The van der Waals surface area contributed by atoms with Gasteiger partial charge < -0.3 is 15.1 Å². The lowest BCUT2D eigenvalue weighted by Gasteiger charge is -2.45. The minimum atomic E-state index is 0.108. The summed E-state index contributed by atoms with van der Waals surface area (Å²) in [7, 11) is 3.70. The van der Waals surface area contributed by atoms with Crippen molar-refractivity contribution < 1.29 is 4.79 Å². The van der Waals surface area contributed by atoms with Gasteiger partial charge in [0.15, 0.2) is 0 Å². The number of urea groups is 1. The van der Waals surface area contributed by atoms with Gasteiger partial charge in [0.25, 0.3) is 0 Å². The normalized spacial score (nSPS) is 31.9. The number of piperidine rings is 2. The summed E-state index contributed by atoms with van der Waals surface area (Å²) in [6.45, 7) is 3.18. The third kappa shape index (κ3) is 2.87.